The van der Waals surface area contributed by atoms with Gasteiger partial charge in [-0.1, -0.05) is 6.42 Å². The van der Waals surface area contributed by atoms with Crippen molar-refractivity contribution in [2.45, 2.75) is 38.8 Å². The van der Waals surface area contributed by atoms with Crippen molar-refractivity contribution in [2.24, 2.45) is 0 Å². The Morgan fingerprint density at radius 1 is 1.35 bits per heavy atom. The lowest BCUT2D eigenvalue weighted by Gasteiger charge is -2.25. The van der Waals surface area contributed by atoms with E-state index in [4.69, 9.17) is 10.00 Å². The first-order chi connectivity index (χ1) is 12.6. The fourth-order valence-electron chi connectivity index (χ4n) is 2.86. The molecule has 1 aromatic carbocycles. The number of rotatable bonds is 6. The largest absolute Gasteiger partial charge is 0.481 e. The van der Waals surface area contributed by atoms with Gasteiger partial charge in [0.2, 0.25) is 0 Å². The van der Waals surface area contributed by atoms with Gasteiger partial charge in [0.1, 0.15) is 5.75 Å². The summed E-state index contributed by atoms with van der Waals surface area (Å²) in [7, 11) is 0. The summed E-state index contributed by atoms with van der Waals surface area (Å²) in [6, 6.07) is 8.74. The van der Waals surface area contributed by atoms with E-state index in [1.807, 2.05) is 11.4 Å². The Hall–Kier alpha value is -2.43. The van der Waals surface area contributed by atoms with E-state index in [-0.39, 0.29) is 5.91 Å². The molecule has 2 aromatic rings. The fraction of sp³-hybridized carbons (Fsp3) is 0.421. The molecule has 0 saturated carbocycles. The standard InChI is InChI=1S/C19H22N4O2S/c1-14(25-17-7-5-15(11-20)6-8-17)18(24)22-19-21-16(13-26-19)12-23-9-3-2-4-10-23/h5-8,13-14H,2-4,9-10,12H2,1H3,(H,21,22,24)/t14-/m0/s1. The Bertz CT molecular complexity index is 776. The molecule has 26 heavy (non-hydrogen) atoms. The summed E-state index contributed by atoms with van der Waals surface area (Å²) < 4.78 is 5.62. The van der Waals surface area contributed by atoms with Crippen LogP contribution in [0.3, 0.4) is 0 Å². The van der Waals surface area contributed by atoms with Gasteiger partial charge in [0.05, 0.1) is 17.3 Å². The molecule has 3 rings (SSSR count). The molecule has 0 unspecified atom stereocenters. The van der Waals surface area contributed by atoms with Gasteiger partial charge in [-0.3, -0.25) is 15.0 Å². The topological polar surface area (TPSA) is 78.2 Å². The molecule has 1 fully saturated rings. The molecule has 1 atom stereocenters. The van der Waals surface area contributed by atoms with Crippen molar-refractivity contribution in [1.82, 2.24) is 9.88 Å². The third kappa shape index (κ3) is 5.04. The molecule has 1 aliphatic heterocycles. The zero-order chi connectivity index (χ0) is 18.4. The van der Waals surface area contributed by atoms with Gasteiger partial charge < -0.3 is 4.74 Å². The molecule has 1 aromatic heterocycles. The number of ether oxygens (including phenoxy) is 1. The first-order valence-corrected chi connectivity index (χ1v) is 9.66. The van der Waals surface area contributed by atoms with Crippen LogP contribution in [-0.4, -0.2) is 35.0 Å². The Balaban J connectivity index is 1.51. The van der Waals surface area contributed by atoms with Gasteiger partial charge in [0.15, 0.2) is 11.2 Å². The van der Waals surface area contributed by atoms with Crippen LogP contribution in [-0.2, 0) is 11.3 Å². The predicted octanol–water partition coefficient (Wildman–Crippen LogP) is 3.41. The Morgan fingerprint density at radius 2 is 2.08 bits per heavy atom. The Labute approximate surface area is 157 Å². The minimum atomic E-state index is -0.655. The zero-order valence-corrected chi connectivity index (χ0v) is 15.6. The number of aromatic nitrogens is 1. The second kappa shape index (κ2) is 8.79. The number of benzene rings is 1. The highest BCUT2D eigenvalue weighted by Gasteiger charge is 2.17. The molecule has 2 heterocycles. The van der Waals surface area contributed by atoms with Gasteiger partial charge in [0.25, 0.3) is 5.91 Å². The predicted molar refractivity (Wildman–Crippen MR) is 101 cm³/mol. The van der Waals surface area contributed by atoms with E-state index >= 15 is 0 Å². The quantitative estimate of drug-likeness (QED) is 0.843. The molecular formula is C19H22N4O2S. The second-order valence-corrected chi connectivity index (χ2v) is 7.22. The van der Waals surface area contributed by atoms with Crippen LogP contribution in [0.4, 0.5) is 5.13 Å². The summed E-state index contributed by atoms with van der Waals surface area (Å²) in [5.74, 6) is 0.310. The number of nitrogens with one attached hydrogen (secondary N) is 1. The third-order valence-electron chi connectivity index (χ3n) is 4.28. The van der Waals surface area contributed by atoms with E-state index < -0.39 is 6.10 Å². The lowest BCUT2D eigenvalue weighted by atomic mass is 10.1. The molecule has 6 nitrogen and oxygen atoms in total. The van der Waals surface area contributed by atoms with Crippen molar-refractivity contribution >= 4 is 22.4 Å². The number of piperidine rings is 1. The number of anilines is 1. The van der Waals surface area contributed by atoms with Crippen molar-refractivity contribution in [3.8, 4) is 11.8 Å². The van der Waals surface area contributed by atoms with Gasteiger partial charge in [-0.2, -0.15) is 5.26 Å². The van der Waals surface area contributed by atoms with Crippen molar-refractivity contribution in [3.05, 3.63) is 40.9 Å². The third-order valence-corrected chi connectivity index (χ3v) is 5.09. The molecule has 1 saturated heterocycles. The Morgan fingerprint density at radius 3 is 2.77 bits per heavy atom. The van der Waals surface area contributed by atoms with Crippen LogP contribution in [0.5, 0.6) is 5.75 Å². The number of likely N-dealkylation sites (tertiary alicyclic amines) is 1. The van der Waals surface area contributed by atoms with Crippen LogP contribution in [0, 0.1) is 11.3 Å². The van der Waals surface area contributed by atoms with E-state index in [9.17, 15) is 4.79 Å². The highest BCUT2D eigenvalue weighted by molar-refractivity contribution is 7.13. The monoisotopic (exact) mass is 370 g/mol. The van der Waals surface area contributed by atoms with E-state index in [0.717, 1.165) is 25.3 Å². The van der Waals surface area contributed by atoms with E-state index in [1.54, 1.807) is 31.2 Å². The average molecular weight is 370 g/mol. The van der Waals surface area contributed by atoms with Crippen LogP contribution in [0.25, 0.3) is 0 Å². The highest BCUT2D eigenvalue weighted by Crippen LogP contribution is 2.20. The maximum atomic E-state index is 12.3. The summed E-state index contributed by atoms with van der Waals surface area (Å²) in [5.41, 5.74) is 1.55. The minimum absolute atomic E-state index is 0.242. The molecule has 0 aliphatic carbocycles. The van der Waals surface area contributed by atoms with E-state index in [2.05, 4.69) is 15.2 Å². The molecule has 1 aliphatic rings. The number of hydrogen-bond acceptors (Lipinski definition) is 6. The number of nitrogens with zero attached hydrogens (tertiary/aromatic N) is 3. The lowest BCUT2D eigenvalue weighted by Crippen LogP contribution is -2.30. The zero-order valence-electron chi connectivity index (χ0n) is 14.8. The highest BCUT2D eigenvalue weighted by atomic mass is 32.1. The number of carbonyl (C=O) groups excluding carboxylic acids is 1. The normalized spacial score (nSPS) is 15.8. The number of carbonyl (C=O) groups is 1. The summed E-state index contributed by atoms with van der Waals surface area (Å²) >= 11 is 1.43. The fourth-order valence-corrected chi connectivity index (χ4v) is 3.56. The van der Waals surface area contributed by atoms with Gasteiger partial charge in [0, 0.05) is 11.9 Å². The maximum Gasteiger partial charge on any atom is 0.266 e. The molecule has 1 amide bonds. The summed E-state index contributed by atoms with van der Waals surface area (Å²) in [6.45, 7) is 4.77. The number of amides is 1. The molecule has 1 N–H and O–H groups in total. The van der Waals surface area contributed by atoms with Crippen LogP contribution in [0.1, 0.15) is 37.4 Å². The molecule has 0 bridgehead atoms. The summed E-state index contributed by atoms with van der Waals surface area (Å²) in [4.78, 5) is 19.2. The van der Waals surface area contributed by atoms with E-state index in [1.165, 1.54) is 30.6 Å². The van der Waals surface area contributed by atoms with Crippen LogP contribution >= 0.6 is 11.3 Å². The molecule has 136 valence electrons. The Kier molecular flexibility index (Phi) is 6.21. The molecule has 0 spiro atoms. The van der Waals surface area contributed by atoms with Crippen molar-refractivity contribution in [3.63, 3.8) is 0 Å². The maximum absolute atomic E-state index is 12.3. The van der Waals surface area contributed by atoms with Crippen molar-refractivity contribution in [1.29, 1.82) is 5.26 Å². The van der Waals surface area contributed by atoms with Gasteiger partial charge in [-0.25, -0.2) is 4.98 Å². The summed E-state index contributed by atoms with van der Waals surface area (Å²) in [6.07, 6.45) is 3.15. The van der Waals surface area contributed by atoms with Gasteiger partial charge in [-0.05, 0) is 57.1 Å². The minimum Gasteiger partial charge on any atom is -0.481 e. The van der Waals surface area contributed by atoms with Crippen LogP contribution < -0.4 is 10.1 Å². The van der Waals surface area contributed by atoms with Crippen molar-refractivity contribution < 1.29 is 9.53 Å². The number of hydrogen-bond donors (Lipinski definition) is 1. The SMILES string of the molecule is C[C@H](Oc1ccc(C#N)cc1)C(=O)Nc1nc(CN2CCCCC2)cs1. The smallest absolute Gasteiger partial charge is 0.266 e. The van der Waals surface area contributed by atoms with Gasteiger partial charge >= 0.3 is 0 Å². The van der Waals surface area contributed by atoms with Crippen LogP contribution in [0.15, 0.2) is 29.6 Å². The van der Waals surface area contributed by atoms with Gasteiger partial charge in [-0.15, -0.1) is 11.3 Å². The molecular weight excluding hydrogens is 348 g/mol. The first kappa shape index (κ1) is 18.4. The average Bonchev–Trinajstić information content (AvgIpc) is 3.10. The number of thiazole rings is 1. The summed E-state index contributed by atoms with van der Waals surface area (Å²) in [5, 5.41) is 14.2. The molecule has 7 heteroatoms. The van der Waals surface area contributed by atoms with Crippen LogP contribution in [0.2, 0.25) is 0 Å². The van der Waals surface area contributed by atoms with Crippen molar-refractivity contribution in [2.75, 3.05) is 18.4 Å². The first-order valence-electron chi connectivity index (χ1n) is 8.78. The van der Waals surface area contributed by atoms with E-state index in [0.29, 0.717) is 16.4 Å². The number of nitriles is 1. The lowest BCUT2D eigenvalue weighted by molar-refractivity contribution is -0.122. The second-order valence-electron chi connectivity index (χ2n) is 6.37. The molecule has 0 radical (unpaired) electrons.